The van der Waals surface area contributed by atoms with Crippen LogP contribution < -0.4 is 10.7 Å². The highest BCUT2D eigenvalue weighted by molar-refractivity contribution is 7.17. The molecule has 4 rings (SSSR count). The Balaban J connectivity index is 1.34. The predicted molar refractivity (Wildman–Crippen MR) is 120 cm³/mol. The first kappa shape index (κ1) is 21.2. The van der Waals surface area contributed by atoms with Crippen LogP contribution in [0, 0.1) is 0 Å². The third-order valence-corrected chi connectivity index (χ3v) is 7.10. The number of aryl methyl sites for hydroxylation is 1. The van der Waals surface area contributed by atoms with E-state index < -0.39 is 17.8 Å². The molecule has 2 aliphatic rings. The number of carbonyl (C=O) groups excluding carboxylic acids is 3. The molecule has 0 spiro atoms. The SMILES string of the molecule is COC(=O)c1c(NC(=O)C(=O)NN=C2CCC(c3ccccc3)CC2)sc2c1CCC2. The van der Waals surface area contributed by atoms with Gasteiger partial charge in [0.05, 0.1) is 12.7 Å². The molecule has 0 unspecified atom stereocenters. The number of anilines is 1. The monoisotopic (exact) mass is 439 g/mol. The zero-order valence-corrected chi connectivity index (χ0v) is 18.2. The van der Waals surface area contributed by atoms with Gasteiger partial charge >= 0.3 is 17.8 Å². The van der Waals surface area contributed by atoms with Crippen LogP contribution in [0.4, 0.5) is 5.00 Å². The Kier molecular flexibility index (Phi) is 6.46. The van der Waals surface area contributed by atoms with Crippen molar-refractivity contribution in [2.45, 2.75) is 50.9 Å². The van der Waals surface area contributed by atoms with E-state index >= 15 is 0 Å². The first-order valence-corrected chi connectivity index (χ1v) is 11.3. The lowest BCUT2D eigenvalue weighted by Crippen LogP contribution is -2.33. The zero-order valence-electron chi connectivity index (χ0n) is 17.4. The van der Waals surface area contributed by atoms with E-state index in [2.05, 4.69) is 28.0 Å². The summed E-state index contributed by atoms with van der Waals surface area (Å²) >= 11 is 1.33. The zero-order chi connectivity index (χ0) is 21.8. The van der Waals surface area contributed by atoms with Gasteiger partial charge in [0, 0.05) is 10.6 Å². The van der Waals surface area contributed by atoms with Gasteiger partial charge in [-0.25, -0.2) is 10.2 Å². The summed E-state index contributed by atoms with van der Waals surface area (Å²) in [6, 6.07) is 10.4. The third-order valence-electron chi connectivity index (χ3n) is 5.89. The molecule has 2 N–H and O–H groups in total. The molecule has 0 atom stereocenters. The van der Waals surface area contributed by atoms with Gasteiger partial charge in [-0.1, -0.05) is 30.3 Å². The fourth-order valence-electron chi connectivity index (χ4n) is 4.27. The second-order valence-corrected chi connectivity index (χ2v) is 8.92. The van der Waals surface area contributed by atoms with Crippen molar-refractivity contribution in [3.05, 3.63) is 51.9 Å². The van der Waals surface area contributed by atoms with Crippen LogP contribution in [0.1, 0.15) is 64.4 Å². The summed E-state index contributed by atoms with van der Waals surface area (Å²) < 4.78 is 4.86. The minimum absolute atomic E-state index is 0.367. The molecule has 8 heteroatoms. The molecule has 31 heavy (non-hydrogen) atoms. The number of esters is 1. The molecule has 0 bridgehead atoms. The minimum atomic E-state index is -0.845. The summed E-state index contributed by atoms with van der Waals surface area (Å²) in [5, 5.41) is 7.10. The third kappa shape index (κ3) is 4.69. The normalized spacial score (nSPS) is 17.6. The van der Waals surface area contributed by atoms with E-state index in [1.165, 1.54) is 24.0 Å². The van der Waals surface area contributed by atoms with Gasteiger partial charge in [0.25, 0.3) is 0 Å². The topological polar surface area (TPSA) is 96.9 Å². The van der Waals surface area contributed by atoms with Gasteiger partial charge in [-0.05, 0) is 62.0 Å². The molecular formula is C23H25N3O4S. The van der Waals surface area contributed by atoms with Gasteiger partial charge in [0.2, 0.25) is 0 Å². The average Bonchev–Trinajstić information content (AvgIpc) is 3.38. The van der Waals surface area contributed by atoms with E-state index in [-0.39, 0.29) is 0 Å². The number of amides is 2. The van der Waals surface area contributed by atoms with E-state index in [1.807, 2.05) is 18.2 Å². The molecule has 0 aliphatic heterocycles. The molecule has 2 amide bonds. The molecule has 2 aromatic rings. The number of benzene rings is 1. The van der Waals surface area contributed by atoms with Crippen molar-refractivity contribution in [2.24, 2.45) is 5.10 Å². The van der Waals surface area contributed by atoms with Crippen molar-refractivity contribution in [3.8, 4) is 0 Å². The number of carbonyl (C=O) groups is 3. The van der Waals surface area contributed by atoms with Crippen molar-refractivity contribution in [1.29, 1.82) is 0 Å². The van der Waals surface area contributed by atoms with E-state index in [0.29, 0.717) is 16.5 Å². The summed E-state index contributed by atoms with van der Waals surface area (Å²) in [5.74, 6) is -1.68. The molecule has 1 heterocycles. The molecule has 1 saturated carbocycles. The number of hydrazone groups is 1. The first-order valence-electron chi connectivity index (χ1n) is 10.5. The largest absolute Gasteiger partial charge is 0.465 e. The van der Waals surface area contributed by atoms with Gasteiger partial charge in [0.15, 0.2) is 0 Å². The first-order chi connectivity index (χ1) is 15.1. The van der Waals surface area contributed by atoms with Crippen molar-refractivity contribution < 1.29 is 19.1 Å². The Bertz CT molecular complexity index is 1020. The van der Waals surface area contributed by atoms with Gasteiger partial charge in [-0.15, -0.1) is 11.3 Å². The lowest BCUT2D eigenvalue weighted by molar-refractivity contribution is -0.136. The molecule has 162 valence electrons. The van der Waals surface area contributed by atoms with E-state index in [0.717, 1.165) is 61.1 Å². The number of fused-ring (bicyclic) bond motifs is 1. The number of nitrogens with zero attached hydrogens (tertiary/aromatic N) is 1. The van der Waals surface area contributed by atoms with Crippen molar-refractivity contribution in [3.63, 3.8) is 0 Å². The highest BCUT2D eigenvalue weighted by atomic mass is 32.1. The van der Waals surface area contributed by atoms with Gasteiger partial charge in [-0.3, -0.25) is 9.59 Å². The number of thiophene rings is 1. The Morgan fingerprint density at radius 2 is 1.77 bits per heavy atom. The number of ether oxygens (including phenoxy) is 1. The van der Waals surface area contributed by atoms with E-state index in [1.54, 1.807) is 0 Å². The number of nitrogens with one attached hydrogen (secondary N) is 2. The van der Waals surface area contributed by atoms with Crippen molar-refractivity contribution in [1.82, 2.24) is 5.43 Å². The fourth-order valence-corrected chi connectivity index (χ4v) is 5.54. The highest BCUT2D eigenvalue weighted by Crippen LogP contribution is 2.39. The molecule has 0 radical (unpaired) electrons. The molecule has 1 aromatic heterocycles. The molecule has 0 saturated heterocycles. The Morgan fingerprint density at radius 3 is 2.48 bits per heavy atom. The lowest BCUT2D eigenvalue weighted by atomic mass is 9.83. The van der Waals surface area contributed by atoms with Crippen LogP contribution in [0.5, 0.6) is 0 Å². The van der Waals surface area contributed by atoms with Crippen LogP contribution in [0.2, 0.25) is 0 Å². The molecular weight excluding hydrogens is 414 g/mol. The second-order valence-electron chi connectivity index (χ2n) is 7.81. The van der Waals surface area contributed by atoms with Crippen LogP contribution in [0.15, 0.2) is 35.4 Å². The van der Waals surface area contributed by atoms with Crippen LogP contribution in [-0.4, -0.2) is 30.6 Å². The summed E-state index contributed by atoms with van der Waals surface area (Å²) in [5.41, 5.74) is 5.87. The number of hydrogen-bond acceptors (Lipinski definition) is 6. The molecule has 2 aliphatic carbocycles. The molecule has 1 aromatic carbocycles. The lowest BCUT2D eigenvalue weighted by Gasteiger charge is -2.23. The quantitative estimate of drug-likeness (QED) is 0.430. The van der Waals surface area contributed by atoms with Crippen molar-refractivity contribution in [2.75, 3.05) is 12.4 Å². The molecule has 1 fully saturated rings. The summed E-state index contributed by atoms with van der Waals surface area (Å²) in [6.07, 6.45) is 6.11. The van der Waals surface area contributed by atoms with Crippen LogP contribution in [0.3, 0.4) is 0 Å². The maximum Gasteiger partial charge on any atom is 0.341 e. The Labute approximate surface area is 184 Å². The average molecular weight is 440 g/mol. The summed E-state index contributed by atoms with van der Waals surface area (Å²) in [4.78, 5) is 37.9. The number of rotatable bonds is 4. The van der Waals surface area contributed by atoms with Gasteiger partial charge in [-0.2, -0.15) is 5.10 Å². The number of hydrogen-bond donors (Lipinski definition) is 2. The summed E-state index contributed by atoms with van der Waals surface area (Å²) in [6.45, 7) is 0. The maximum absolute atomic E-state index is 12.4. The highest BCUT2D eigenvalue weighted by Gasteiger charge is 2.29. The van der Waals surface area contributed by atoms with E-state index in [9.17, 15) is 14.4 Å². The fraction of sp³-hybridized carbons (Fsp3) is 0.391. The Morgan fingerprint density at radius 1 is 1.03 bits per heavy atom. The summed E-state index contributed by atoms with van der Waals surface area (Å²) in [7, 11) is 1.31. The predicted octanol–water partition coefficient (Wildman–Crippen LogP) is 3.79. The smallest absolute Gasteiger partial charge is 0.341 e. The number of methoxy groups -OCH3 is 1. The van der Waals surface area contributed by atoms with E-state index in [4.69, 9.17) is 4.74 Å². The van der Waals surface area contributed by atoms with Gasteiger partial charge < -0.3 is 10.1 Å². The van der Waals surface area contributed by atoms with Crippen molar-refractivity contribution >= 4 is 39.8 Å². The standard InChI is InChI=1S/C23H25N3O4S/c1-30-23(29)19-17-8-5-9-18(17)31-22(19)24-20(27)21(28)26-25-16-12-10-15(11-13-16)14-6-3-2-4-7-14/h2-4,6-7,15H,5,8-13H2,1H3,(H,24,27)(H,26,28). The van der Waals surface area contributed by atoms with Gasteiger partial charge in [0.1, 0.15) is 5.00 Å². The minimum Gasteiger partial charge on any atom is -0.465 e. The Hall–Kier alpha value is -3.00. The van der Waals surface area contributed by atoms with Crippen LogP contribution >= 0.6 is 11.3 Å². The van der Waals surface area contributed by atoms with Crippen LogP contribution in [0.25, 0.3) is 0 Å². The maximum atomic E-state index is 12.4. The second kappa shape index (κ2) is 9.43. The molecule has 7 nitrogen and oxygen atoms in total. The van der Waals surface area contributed by atoms with Crippen LogP contribution in [-0.2, 0) is 27.2 Å².